The molecule has 0 saturated carbocycles. The molecule has 0 spiro atoms. The minimum absolute atomic E-state index is 0.331. The molecule has 0 bridgehead atoms. The maximum absolute atomic E-state index is 11.9. The van der Waals surface area contributed by atoms with Crippen LogP contribution in [0, 0.1) is 0 Å². The van der Waals surface area contributed by atoms with E-state index in [1.54, 1.807) is 37.4 Å². The smallest absolute Gasteiger partial charge is 0.249 e. The Bertz CT molecular complexity index is 773. The number of carbonyl (C=O) groups is 2. The molecular formula is C19H21N3O4. The molecule has 0 unspecified atom stereocenters. The highest BCUT2D eigenvalue weighted by molar-refractivity contribution is 6.03. The lowest BCUT2D eigenvalue weighted by Crippen LogP contribution is -2.24. The van der Waals surface area contributed by atoms with E-state index in [2.05, 4.69) is 15.8 Å². The van der Waals surface area contributed by atoms with Crippen LogP contribution in [0.25, 0.3) is 0 Å². The number of hydrogen-bond donors (Lipinski definition) is 2. The van der Waals surface area contributed by atoms with Crippen molar-refractivity contribution in [2.75, 3.05) is 19.0 Å². The number of carbonyl (C=O) groups excluding carboxylic acids is 2. The normalized spacial score (nSPS) is 10.4. The van der Waals surface area contributed by atoms with Gasteiger partial charge in [0.25, 0.3) is 0 Å². The highest BCUT2D eigenvalue weighted by atomic mass is 16.5. The van der Waals surface area contributed by atoms with Gasteiger partial charge in [0.05, 0.1) is 19.9 Å². The van der Waals surface area contributed by atoms with E-state index in [1.807, 2.05) is 25.1 Å². The van der Waals surface area contributed by atoms with Crippen LogP contribution < -0.4 is 20.2 Å². The number of nitrogens with one attached hydrogen (secondary N) is 2. The number of rotatable bonds is 8. The van der Waals surface area contributed by atoms with Crippen molar-refractivity contribution in [3.05, 3.63) is 54.1 Å². The molecule has 0 atom stereocenters. The van der Waals surface area contributed by atoms with E-state index in [0.717, 1.165) is 11.3 Å². The van der Waals surface area contributed by atoms with E-state index in [0.29, 0.717) is 18.0 Å². The summed E-state index contributed by atoms with van der Waals surface area (Å²) in [5.41, 5.74) is 3.69. The lowest BCUT2D eigenvalue weighted by atomic mass is 10.2. The molecule has 136 valence electrons. The Kier molecular flexibility index (Phi) is 7.17. The third-order valence-electron chi connectivity index (χ3n) is 3.27. The van der Waals surface area contributed by atoms with Crippen molar-refractivity contribution in [1.82, 2.24) is 5.43 Å². The molecule has 0 saturated heterocycles. The molecule has 0 aromatic heterocycles. The summed E-state index contributed by atoms with van der Waals surface area (Å²) < 4.78 is 10.4. The monoisotopic (exact) mass is 355 g/mol. The zero-order valence-electron chi connectivity index (χ0n) is 14.7. The van der Waals surface area contributed by atoms with Crippen molar-refractivity contribution in [1.29, 1.82) is 0 Å². The van der Waals surface area contributed by atoms with Crippen LogP contribution in [0.1, 0.15) is 18.9 Å². The molecule has 2 rings (SSSR count). The van der Waals surface area contributed by atoms with E-state index < -0.39 is 11.8 Å². The van der Waals surface area contributed by atoms with Crippen LogP contribution in [0.4, 0.5) is 5.69 Å². The Morgan fingerprint density at radius 1 is 1.08 bits per heavy atom. The van der Waals surface area contributed by atoms with E-state index in [-0.39, 0.29) is 6.42 Å². The molecule has 2 N–H and O–H groups in total. The molecule has 0 aliphatic heterocycles. The average molecular weight is 355 g/mol. The molecule has 0 radical (unpaired) electrons. The van der Waals surface area contributed by atoms with Crippen molar-refractivity contribution in [2.24, 2.45) is 5.10 Å². The molecule has 0 fully saturated rings. The Morgan fingerprint density at radius 3 is 2.54 bits per heavy atom. The second kappa shape index (κ2) is 9.83. The van der Waals surface area contributed by atoms with Gasteiger partial charge in [0.2, 0.25) is 11.8 Å². The zero-order valence-corrected chi connectivity index (χ0v) is 14.7. The molecule has 2 aromatic carbocycles. The Balaban J connectivity index is 1.80. The standard InChI is InChI=1S/C19H21N3O4/c1-3-26-17-6-4-5-14(11-17)13-20-22-19(24)12-18(23)21-15-7-9-16(25-2)10-8-15/h4-11,13H,3,12H2,1-2H3,(H,21,23)(H,22,24). The fraction of sp³-hybridized carbons (Fsp3) is 0.211. The lowest BCUT2D eigenvalue weighted by molar-refractivity contribution is -0.126. The van der Waals surface area contributed by atoms with E-state index in [1.165, 1.54) is 6.21 Å². The van der Waals surface area contributed by atoms with Gasteiger partial charge in [-0.25, -0.2) is 5.43 Å². The quantitative estimate of drug-likeness (QED) is 0.433. The second-order valence-electron chi connectivity index (χ2n) is 5.25. The number of benzene rings is 2. The number of ether oxygens (including phenoxy) is 2. The predicted octanol–water partition coefficient (Wildman–Crippen LogP) is 2.57. The van der Waals surface area contributed by atoms with Crippen LogP contribution in [0.15, 0.2) is 53.6 Å². The number of anilines is 1. The molecule has 26 heavy (non-hydrogen) atoms. The van der Waals surface area contributed by atoms with Gasteiger partial charge in [0.1, 0.15) is 17.9 Å². The van der Waals surface area contributed by atoms with Crippen LogP contribution in [-0.2, 0) is 9.59 Å². The fourth-order valence-electron chi connectivity index (χ4n) is 2.09. The van der Waals surface area contributed by atoms with Crippen molar-refractivity contribution in [3.63, 3.8) is 0 Å². The Hall–Kier alpha value is -3.35. The first-order chi connectivity index (χ1) is 12.6. The molecule has 7 nitrogen and oxygen atoms in total. The predicted molar refractivity (Wildman–Crippen MR) is 99.6 cm³/mol. The third kappa shape index (κ3) is 6.27. The van der Waals surface area contributed by atoms with Gasteiger partial charge in [-0.05, 0) is 48.9 Å². The van der Waals surface area contributed by atoms with Crippen LogP contribution in [0.3, 0.4) is 0 Å². The minimum atomic E-state index is -0.506. The Labute approximate surface area is 152 Å². The van der Waals surface area contributed by atoms with Crippen LogP contribution in [0.2, 0.25) is 0 Å². The minimum Gasteiger partial charge on any atom is -0.497 e. The summed E-state index contributed by atoms with van der Waals surface area (Å²) in [5, 5.41) is 6.48. The van der Waals surface area contributed by atoms with Gasteiger partial charge in [-0.3, -0.25) is 9.59 Å². The molecule has 7 heteroatoms. The summed E-state index contributed by atoms with van der Waals surface area (Å²) in [6.07, 6.45) is 1.16. The highest BCUT2D eigenvalue weighted by Gasteiger charge is 2.09. The van der Waals surface area contributed by atoms with Crippen molar-refractivity contribution in [2.45, 2.75) is 13.3 Å². The van der Waals surface area contributed by atoms with Gasteiger partial charge in [-0.1, -0.05) is 12.1 Å². The van der Waals surface area contributed by atoms with Crippen molar-refractivity contribution < 1.29 is 19.1 Å². The Morgan fingerprint density at radius 2 is 1.85 bits per heavy atom. The molecular weight excluding hydrogens is 334 g/mol. The zero-order chi connectivity index (χ0) is 18.8. The molecule has 0 aliphatic carbocycles. The summed E-state index contributed by atoms with van der Waals surface area (Å²) in [6.45, 7) is 2.47. The summed E-state index contributed by atoms with van der Waals surface area (Å²) in [4.78, 5) is 23.6. The first-order valence-corrected chi connectivity index (χ1v) is 8.09. The average Bonchev–Trinajstić information content (AvgIpc) is 2.63. The lowest BCUT2D eigenvalue weighted by Gasteiger charge is -2.06. The van der Waals surface area contributed by atoms with Gasteiger partial charge in [0.15, 0.2) is 0 Å². The van der Waals surface area contributed by atoms with Gasteiger partial charge in [-0.15, -0.1) is 0 Å². The number of amides is 2. The first-order valence-electron chi connectivity index (χ1n) is 8.09. The largest absolute Gasteiger partial charge is 0.497 e. The van der Waals surface area contributed by atoms with Gasteiger partial charge in [-0.2, -0.15) is 5.10 Å². The first kappa shape index (κ1) is 19.0. The summed E-state index contributed by atoms with van der Waals surface area (Å²) in [6, 6.07) is 14.1. The van der Waals surface area contributed by atoms with Gasteiger partial charge in [0, 0.05) is 5.69 Å². The number of hydrogen-bond acceptors (Lipinski definition) is 5. The molecule has 0 aliphatic rings. The maximum atomic E-state index is 11.9. The van der Waals surface area contributed by atoms with Crippen molar-refractivity contribution in [3.8, 4) is 11.5 Å². The molecule has 0 heterocycles. The summed E-state index contributed by atoms with van der Waals surface area (Å²) >= 11 is 0. The third-order valence-corrected chi connectivity index (χ3v) is 3.27. The summed E-state index contributed by atoms with van der Waals surface area (Å²) in [5.74, 6) is 0.472. The van der Waals surface area contributed by atoms with Gasteiger partial charge >= 0.3 is 0 Å². The van der Waals surface area contributed by atoms with Crippen LogP contribution in [-0.4, -0.2) is 31.7 Å². The summed E-state index contributed by atoms with van der Waals surface area (Å²) in [7, 11) is 1.56. The van der Waals surface area contributed by atoms with E-state index in [9.17, 15) is 9.59 Å². The fourth-order valence-corrected chi connectivity index (χ4v) is 2.09. The molecule has 2 amide bonds. The second-order valence-corrected chi connectivity index (χ2v) is 5.25. The number of nitrogens with zero attached hydrogens (tertiary/aromatic N) is 1. The highest BCUT2D eigenvalue weighted by Crippen LogP contribution is 2.15. The van der Waals surface area contributed by atoms with Gasteiger partial charge < -0.3 is 14.8 Å². The molecule has 2 aromatic rings. The van der Waals surface area contributed by atoms with E-state index >= 15 is 0 Å². The SMILES string of the molecule is CCOc1cccc(C=NNC(=O)CC(=O)Nc2ccc(OC)cc2)c1. The van der Waals surface area contributed by atoms with Crippen molar-refractivity contribution >= 4 is 23.7 Å². The maximum Gasteiger partial charge on any atom is 0.249 e. The topological polar surface area (TPSA) is 89.0 Å². The van der Waals surface area contributed by atoms with Crippen LogP contribution >= 0.6 is 0 Å². The van der Waals surface area contributed by atoms with Crippen LogP contribution in [0.5, 0.6) is 11.5 Å². The van der Waals surface area contributed by atoms with E-state index in [4.69, 9.17) is 9.47 Å². The number of methoxy groups -OCH3 is 1. The number of hydrazone groups is 1.